The standard InChI is InChI=1S/C16H25NO3/c1-12-8-13(2)10-14(9-12)20-7-6-15(19)17(5)16(3,4)11-18/h8-10,18H,6-7,11H2,1-5H3. The van der Waals surface area contributed by atoms with Gasteiger partial charge in [0.05, 0.1) is 25.2 Å². The molecule has 0 aliphatic carbocycles. The average Bonchev–Trinajstić information content (AvgIpc) is 2.36. The minimum Gasteiger partial charge on any atom is -0.493 e. The van der Waals surface area contributed by atoms with Crippen LogP contribution < -0.4 is 4.74 Å². The van der Waals surface area contributed by atoms with Crippen LogP contribution in [0.3, 0.4) is 0 Å². The van der Waals surface area contributed by atoms with E-state index in [1.165, 1.54) is 0 Å². The normalized spacial score (nSPS) is 11.3. The quantitative estimate of drug-likeness (QED) is 0.869. The Morgan fingerprint density at radius 1 is 1.25 bits per heavy atom. The largest absolute Gasteiger partial charge is 0.493 e. The molecule has 0 fully saturated rings. The Bertz CT molecular complexity index is 449. The van der Waals surface area contributed by atoms with Crippen molar-refractivity contribution >= 4 is 5.91 Å². The van der Waals surface area contributed by atoms with Gasteiger partial charge in [0, 0.05) is 7.05 Å². The maximum atomic E-state index is 12.0. The number of carbonyl (C=O) groups is 1. The number of hydrogen-bond donors (Lipinski definition) is 1. The molecule has 0 heterocycles. The number of benzene rings is 1. The van der Waals surface area contributed by atoms with Crippen LogP contribution in [0.5, 0.6) is 5.75 Å². The Kier molecular flexibility index (Phi) is 5.57. The lowest BCUT2D eigenvalue weighted by atomic mass is 10.0. The van der Waals surface area contributed by atoms with Gasteiger partial charge in [-0.15, -0.1) is 0 Å². The van der Waals surface area contributed by atoms with Crippen molar-refractivity contribution in [2.45, 2.75) is 39.7 Å². The van der Waals surface area contributed by atoms with E-state index in [0.717, 1.165) is 16.9 Å². The lowest BCUT2D eigenvalue weighted by Crippen LogP contribution is -2.47. The van der Waals surface area contributed by atoms with Gasteiger partial charge in [0.15, 0.2) is 0 Å². The number of nitrogens with zero attached hydrogens (tertiary/aromatic N) is 1. The fraction of sp³-hybridized carbons (Fsp3) is 0.562. The Morgan fingerprint density at radius 2 is 1.80 bits per heavy atom. The summed E-state index contributed by atoms with van der Waals surface area (Å²) in [5.74, 6) is 0.757. The van der Waals surface area contributed by atoms with Crippen molar-refractivity contribution in [3.05, 3.63) is 29.3 Å². The highest BCUT2D eigenvalue weighted by atomic mass is 16.5. The molecule has 0 bridgehead atoms. The van der Waals surface area contributed by atoms with E-state index in [-0.39, 0.29) is 12.5 Å². The van der Waals surface area contributed by atoms with E-state index in [9.17, 15) is 9.90 Å². The fourth-order valence-electron chi connectivity index (χ4n) is 1.88. The molecule has 0 saturated carbocycles. The summed E-state index contributed by atoms with van der Waals surface area (Å²) in [6.07, 6.45) is 0.299. The molecule has 1 aromatic rings. The second-order valence-corrected chi connectivity index (χ2v) is 5.85. The van der Waals surface area contributed by atoms with Gasteiger partial charge in [0.2, 0.25) is 5.91 Å². The maximum absolute atomic E-state index is 12.0. The summed E-state index contributed by atoms with van der Waals surface area (Å²) in [6, 6.07) is 5.99. The van der Waals surface area contributed by atoms with Crippen molar-refractivity contribution in [1.29, 1.82) is 0 Å². The van der Waals surface area contributed by atoms with E-state index in [2.05, 4.69) is 6.07 Å². The van der Waals surface area contributed by atoms with Gasteiger partial charge in [-0.1, -0.05) is 6.07 Å². The summed E-state index contributed by atoms with van der Waals surface area (Å²) >= 11 is 0. The number of rotatable bonds is 6. The molecular weight excluding hydrogens is 254 g/mol. The molecule has 4 nitrogen and oxygen atoms in total. The molecule has 0 radical (unpaired) electrons. The minimum absolute atomic E-state index is 0.0339. The first-order valence-electron chi connectivity index (χ1n) is 6.85. The summed E-state index contributed by atoms with van der Waals surface area (Å²) in [5.41, 5.74) is 1.74. The molecule has 1 aromatic carbocycles. The molecular formula is C16H25NO3. The molecule has 1 amide bonds. The number of carbonyl (C=O) groups excluding carboxylic acids is 1. The third kappa shape index (κ3) is 4.53. The van der Waals surface area contributed by atoms with E-state index in [1.807, 2.05) is 39.8 Å². The molecule has 0 unspecified atom stereocenters. The zero-order valence-electron chi connectivity index (χ0n) is 13.1. The van der Waals surface area contributed by atoms with Crippen LogP contribution in [0.2, 0.25) is 0 Å². The van der Waals surface area contributed by atoms with Gasteiger partial charge in [-0.2, -0.15) is 0 Å². The third-order valence-electron chi connectivity index (χ3n) is 3.45. The molecule has 20 heavy (non-hydrogen) atoms. The molecule has 0 atom stereocenters. The molecule has 0 aromatic heterocycles. The van der Waals surface area contributed by atoms with Crippen LogP contribution in [0.4, 0.5) is 0 Å². The number of amides is 1. The highest BCUT2D eigenvalue weighted by molar-refractivity contribution is 5.76. The number of ether oxygens (including phenoxy) is 1. The van der Waals surface area contributed by atoms with Gasteiger partial charge >= 0.3 is 0 Å². The molecule has 1 rings (SSSR count). The third-order valence-corrected chi connectivity index (χ3v) is 3.45. The van der Waals surface area contributed by atoms with Crippen LogP contribution in [0.1, 0.15) is 31.4 Å². The van der Waals surface area contributed by atoms with E-state index < -0.39 is 5.54 Å². The first-order chi connectivity index (χ1) is 9.26. The van der Waals surface area contributed by atoms with Gasteiger partial charge in [-0.25, -0.2) is 0 Å². The van der Waals surface area contributed by atoms with Crippen molar-refractivity contribution in [2.24, 2.45) is 0 Å². The SMILES string of the molecule is Cc1cc(C)cc(OCCC(=O)N(C)C(C)(C)CO)c1. The fourth-order valence-corrected chi connectivity index (χ4v) is 1.88. The zero-order valence-corrected chi connectivity index (χ0v) is 13.1. The van der Waals surface area contributed by atoms with Crippen LogP contribution in [-0.2, 0) is 4.79 Å². The summed E-state index contributed by atoms with van der Waals surface area (Å²) in [5, 5.41) is 9.25. The second kappa shape index (κ2) is 6.75. The molecule has 0 spiro atoms. The van der Waals surface area contributed by atoms with Gasteiger partial charge in [-0.3, -0.25) is 4.79 Å². The van der Waals surface area contributed by atoms with Crippen molar-refractivity contribution in [3.8, 4) is 5.75 Å². The zero-order chi connectivity index (χ0) is 15.3. The Hall–Kier alpha value is -1.55. The van der Waals surface area contributed by atoms with Crippen LogP contribution in [0.15, 0.2) is 18.2 Å². The number of aliphatic hydroxyl groups excluding tert-OH is 1. The van der Waals surface area contributed by atoms with Gasteiger partial charge < -0.3 is 14.7 Å². The average molecular weight is 279 g/mol. The second-order valence-electron chi connectivity index (χ2n) is 5.85. The van der Waals surface area contributed by atoms with Crippen LogP contribution in [0.25, 0.3) is 0 Å². The predicted octanol–water partition coefficient (Wildman–Crippen LogP) is 2.30. The lowest BCUT2D eigenvalue weighted by Gasteiger charge is -2.34. The first-order valence-corrected chi connectivity index (χ1v) is 6.85. The van der Waals surface area contributed by atoms with Crippen molar-refractivity contribution in [2.75, 3.05) is 20.3 Å². The first kappa shape index (κ1) is 16.5. The summed E-state index contributed by atoms with van der Waals surface area (Å²) < 4.78 is 5.62. The molecule has 0 aliphatic heterocycles. The number of aliphatic hydroxyl groups is 1. The van der Waals surface area contributed by atoms with E-state index in [1.54, 1.807) is 11.9 Å². The maximum Gasteiger partial charge on any atom is 0.226 e. The minimum atomic E-state index is -0.545. The van der Waals surface area contributed by atoms with Crippen molar-refractivity contribution < 1.29 is 14.6 Å². The van der Waals surface area contributed by atoms with Crippen molar-refractivity contribution in [1.82, 2.24) is 4.90 Å². The van der Waals surface area contributed by atoms with Crippen LogP contribution in [-0.4, -0.2) is 41.7 Å². The van der Waals surface area contributed by atoms with Crippen LogP contribution >= 0.6 is 0 Å². The van der Waals surface area contributed by atoms with E-state index >= 15 is 0 Å². The Balaban J connectivity index is 2.50. The van der Waals surface area contributed by atoms with E-state index in [4.69, 9.17) is 4.74 Å². The van der Waals surface area contributed by atoms with Crippen molar-refractivity contribution in [3.63, 3.8) is 0 Å². The summed E-state index contributed by atoms with van der Waals surface area (Å²) in [4.78, 5) is 13.6. The highest BCUT2D eigenvalue weighted by Gasteiger charge is 2.26. The van der Waals surface area contributed by atoms with Crippen LogP contribution in [0, 0.1) is 13.8 Å². The van der Waals surface area contributed by atoms with Gasteiger partial charge in [0.25, 0.3) is 0 Å². The smallest absolute Gasteiger partial charge is 0.226 e. The van der Waals surface area contributed by atoms with Gasteiger partial charge in [0.1, 0.15) is 5.75 Å². The van der Waals surface area contributed by atoms with Gasteiger partial charge in [-0.05, 0) is 51.0 Å². The Labute approximate surface area is 121 Å². The molecule has 1 N–H and O–H groups in total. The highest BCUT2D eigenvalue weighted by Crippen LogP contribution is 2.17. The topological polar surface area (TPSA) is 49.8 Å². The molecule has 4 heteroatoms. The number of aryl methyl sites for hydroxylation is 2. The Morgan fingerprint density at radius 3 is 2.30 bits per heavy atom. The molecule has 0 saturated heterocycles. The van der Waals surface area contributed by atoms with E-state index in [0.29, 0.717) is 13.0 Å². The molecule has 112 valence electrons. The number of hydrogen-bond acceptors (Lipinski definition) is 3. The lowest BCUT2D eigenvalue weighted by molar-refractivity contribution is -0.136. The summed E-state index contributed by atoms with van der Waals surface area (Å²) in [7, 11) is 1.70. The summed E-state index contributed by atoms with van der Waals surface area (Å²) in [6.45, 7) is 7.97. The number of likely N-dealkylation sites (N-methyl/N-ethyl adjacent to an activating group) is 1. The predicted molar refractivity (Wildman–Crippen MR) is 80.0 cm³/mol. The monoisotopic (exact) mass is 279 g/mol. The molecule has 0 aliphatic rings.